The summed E-state index contributed by atoms with van der Waals surface area (Å²) in [6.07, 6.45) is 8.90. The van der Waals surface area contributed by atoms with Crippen molar-refractivity contribution in [2.45, 2.75) is 71.8 Å². The number of nitrogens with two attached hydrogens (primary N) is 1. The molecule has 0 aliphatic heterocycles. The maximum atomic E-state index is 12.5. The second kappa shape index (κ2) is 6.82. The Kier molecular flexibility index (Phi) is 4.56. The third-order valence-electron chi connectivity index (χ3n) is 9.39. The van der Waals surface area contributed by atoms with Gasteiger partial charge in [-0.1, -0.05) is 55.3 Å². The molecule has 0 aromatic heterocycles. The number of amides is 1. The van der Waals surface area contributed by atoms with Gasteiger partial charge in [-0.3, -0.25) is 4.79 Å². The number of hydrogen-bond donors (Lipinski definition) is 2. The van der Waals surface area contributed by atoms with E-state index in [2.05, 4.69) is 51.1 Å². The van der Waals surface area contributed by atoms with Crippen LogP contribution >= 0.6 is 0 Å². The van der Waals surface area contributed by atoms with E-state index in [1.165, 1.54) is 35.1 Å². The van der Waals surface area contributed by atoms with Crippen LogP contribution in [-0.4, -0.2) is 17.1 Å². The van der Waals surface area contributed by atoms with Crippen molar-refractivity contribution in [1.82, 2.24) is 0 Å². The van der Waals surface area contributed by atoms with E-state index < -0.39 is 0 Å². The van der Waals surface area contributed by atoms with Crippen LogP contribution in [0, 0.1) is 35.5 Å². The van der Waals surface area contributed by atoms with E-state index in [9.17, 15) is 9.90 Å². The summed E-state index contributed by atoms with van der Waals surface area (Å²) in [4.78, 5) is 12.5. The van der Waals surface area contributed by atoms with E-state index in [4.69, 9.17) is 5.73 Å². The zero-order valence-corrected chi connectivity index (χ0v) is 18.6. The molecule has 5 rings (SSSR count). The molecule has 2 fully saturated rings. The fourth-order valence-electron chi connectivity index (χ4n) is 7.86. The SMILES string of the molecule is Cc1cccc(C2=CC[C@H]3[C@@H]4CC(C(N)=O)=C5C[C@@H](O)CC[C@]5(C)[C@H]4CC[C@]23C)c1. The lowest BCUT2D eigenvalue weighted by Crippen LogP contribution is -2.51. The van der Waals surface area contributed by atoms with E-state index in [-0.39, 0.29) is 22.8 Å². The Hall–Kier alpha value is -1.87. The summed E-state index contributed by atoms with van der Waals surface area (Å²) in [5.41, 5.74) is 12.3. The minimum Gasteiger partial charge on any atom is -0.393 e. The van der Waals surface area contributed by atoms with E-state index in [1.807, 2.05) is 0 Å². The van der Waals surface area contributed by atoms with Crippen molar-refractivity contribution in [3.8, 4) is 0 Å². The Labute approximate surface area is 180 Å². The molecule has 1 aromatic rings. The summed E-state index contributed by atoms with van der Waals surface area (Å²) in [7, 11) is 0. The second-order valence-corrected chi connectivity index (χ2v) is 10.9. The first-order valence-corrected chi connectivity index (χ1v) is 11.7. The van der Waals surface area contributed by atoms with Crippen molar-refractivity contribution in [2.24, 2.45) is 34.3 Å². The lowest BCUT2D eigenvalue weighted by Gasteiger charge is -2.58. The fraction of sp³-hybridized carbons (Fsp3) is 0.593. The molecule has 4 aliphatic rings. The molecule has 1 amide bonds. The third kappa shape index (κ3) is 2.77. The Morgan fingerprint density at radius 2 is 1.87 bits per heavy atom. The van der Waals surface area contributed by atoms with Gasteiger partial charge >= 0.3 is 0 Å². The number of aliphatic hydroxyl groups excluding tert-OH is 1. The highest BCUT2D eigenvalue weighted by Crippen LogP contribution is 2.67. The molecular formula is C27H35NO2. The van der Waals surface area contributed by atoms with Crippen LogP contribution in [0.15, 0.2) is 41.5 Å². The molecule has 3 heteroatoms. The Balaban J connectivity index is 1.54. The minimum atomic E-state index is -0.325. The van der Waals surface area contributed by atoms with Gasteiger partial charge in [-0.05, 0) is 91.6 Å². The van der Waals surface area contributed by atoms with Crippen molar-refractivity contribution in [1.29, 1.82) is 0 Å². The van der Waals surface area contributed by atoms with Crippen LogP contribution in [0.5, 0.6) is 0 Å². The van der Waals surface area contributed by atoms with Gasteiger partial charge in [0.05, 0.1) is 6.10 Å². The number of benzene rings is 1. The Bertz CT molecular complexity index is 959. The molecule has 0 spiro atoms. The van der Waals surface area contributed by atoms with E-state index in [1.54, 1.807) is 0 Å². The molecule has 0 radical (unpaired) electrons. The molecule has 160 valence electrons. The summed E-state index contributed by atoms with van der Waals surface area (Å²) in [6.45, 7) is 6.99. The monoisotopic (exact) mass is 405 g/mol. The van der Waals surface area contributed by atoms with Crippen LogP contribution in [0.25, 0.3) is 5.57 Å². The molecule has 4 aliphatic carbocycles. The number of aliphatic hydroxyl groups is 1. The minimum absolute atomic E-state index is 0.0138. The van der Waals surface area contributed by atoms with Crippen LogP contribution in [-0.2, 0) is 4.79 Å². The van der Waals surface area contributed by atoms with Gasteiger partial charge in [0.2, 0.25) is 5.91 Å². The fourth-order valence-corrected chi connectivity index (χ4v) is 7.86. The maximum Gasteiger partial charge on any atom is 0.244 e. The van der Waals surface area contributed by atoms with Crippen molar-refractivity contribution < 1.29 is 9.90 Å². The summed E-state index contributed by atoms with van der Waals surface area (Å²) in [6, 6.07) is 8.92. The van der Waals surface area contributed by atoms with Gasteiger partial charge in [-0.15, -0.1) is 0 Å². The lowest BCUT2D eigenvalue weighted by molar-refractivity contribution is -0.116. The lowest BCUT2D eigenvalue weighted by atomic mass is 9.46. The van der Waals surface area contributed by atoms with Crippen LogP contribution in [0.3, 0.4) is 0 Å². The number of rotatable bonds is 2. The molecule has 6 atom stereocenters. The number of carbonyl (C=O) groups is 1. The summed E-state index contributed by atoms with van der Waals surface area (Å²) in [5.74, 6) is 1.38. The molecule has 0 heterocycles. The highest BCUT2D eigenvalue weighted by Gasteiger charge is 2.58. The first-order chi connectivity index (χ1) is 14.2. The van der Waals surface area contributed by atoms with E-state index in [0.717, 1.165) is 31.3 Å². The predicted molar refractivity (Wildman–Crippen MR) is 120 cm³/mol. The molecule has 0 saturated heterocycles. The van der Waals surface area contributed by atoms with Gasteiger partial charge in [-0.25, -0.2) is 0 Å². The van der Waals surface area contributed by atoms with Crippen LogP contribution in [0.2, 0.25) is 0 Å². The summed E-state index contributed by atoms with van der Waals surface area (Å²) in [5, 5.41) is 10.3. The van der Waals surface area contributed by atoms with Gasteiger partial charge < -0.3 is 10.8 Å². The highest BCUT2D eigenvalue weighted by molar-refractivity contribution is 5.93. The smallest absolute Gasteiger partial charge is 0.244 e. The van der Waals surface area contributed by atoms with Crippen LogP contribution in [0.1, 0.15) is 69.9 Å². The number of carbonyl (C=O) groups excluding carboxylic acids is 1. The number of allylic oxidation sites excluding steroid dienone is 2. The maximum absolute atomic E-state index is 12.5. The van der Waals surface area contributed by atoms with Crippen LogP contribution in [0.4, 0.5) is 0 Å². The van der Waals surface area contributed by atoms with Crippen molar-refractivity contribution in [2.75, 3.05) is 0 Å². The van der Waals surface area contributed by atoms with Gasteiger partial charge in [0.25, 0.3) is 0 Å². The van der Waals surface area contributed by atoms with Crippen molar-refractivity contribution in [3.05, 3.63) is 52.6 Å². The Morgan fingerprint density at radius 1 is 1.10 bits per heavy atom. The molecule has 1 aromatic carbocycles. The average molecular weight is 406 g/mol. The van der Waals surface area contributed by atoms with E-state index in [0.29, 0.717) is 24.2 Å². The van der Waals surface area contributed by atoms with Crippen molar-refractivity contribution >= 4 is 11.5 Å². The number of hydrogen-bond acceptors (Lipinski definition) is 2. The van der Waals surface area contributed by atoms with Crippen LogP contribution < -0.4 is 5.73 Å². The Morgan fingerprint density at radius 3 is 2.60 bits per heavy atom. The standard InChI is InChI=1S/C27H35NO2/c1-16-5-4-6-17(13-16)21-7-8-22-19-15-20(25(28)30)24-14-18(29)9-11-27(24,3)23(19)10-12-26(21,22)2/h4-7,13,18-19,22-23,29H,8-12,14-15H2,1-3H3,(H2,28,30)/t18-,19-,22-,23-,26+,27+/m0/s1. The van der Waals surface area contributed by atoms with Gasteiger partial charge in [-0.2, -0.15) is 0 Å². The quantitative estimate of drug-likeness (QED) is 0.713. The molecule has 0 unspecified atom stereocenters. The first kappa shape index (κ1) is 20.1. The number of aryl methyl sites for hydroxylation is 1. The predicted octanol–water partition coefficient (Wildman–Crippen LogP) is 5.17. The largest absolute Gasteiger partial charge is 0.393 e. The van der Waals surface area contributed by atoms with E-state index >= 15 is 0 Å². The topological polar surface area (TPSA) is 63.3 Å². The number of fused-ring (bicyclic) bond motifs is 5. The average Bonchev–Trinajstić information content (AvgIpc) is 3.05. The van der Waals surface area contributed by atoms with Crippen molar-refractivity contribution in [3.63, 3.8) is 0 Å². The van der Waals surface area contributed by atoms with Gasteiger partial charge in [0.1, 0.15) is 0 Å². The number of primary amides is 1. The third-order valence-corrected chi connectivity index (χ3v) is 9.39. The molecule has 2 saturated carbocycles. The normalized spacial score (nSPS) is 40.3. The molecular weight excluding hydrogens is 370 g/mol. The molecule has 30 heavy (non-hydrogen) atoms. The zero-order chi connectivity index (χ0) is 21.3. The van der Waals surface area contributed by atoms with Gasteiger partial charge in [0, 0.05) is 5.57 Å². The molecule has 0 bridgehead atoms. The van der Waals surface area contributed by atoms with Gasteiger partial charge in [0.15, 0.2) is 0 Å². The molecule has 3 N–H and O–H groups in total. The zero-order valence-electron chi connectivity index (χ0n) is 18.6. The first-order valence-electron chi connectivity index (χ1n) is 11.7. The summed E-state index contributed by atoms with van der Waals surface area (Å²) < 4.78 is 0. The second-order valence-electron chi connectivity index (χ2n) is 10.9. The highest BCUT2D eigenvalue weighted by atomic mass is 16.3. The molecule has 3 nitrogen and oxygen atoms in total. The summed E-state index contributed by atoms with van der Waals surface area (Å²) >= 11 is 0.